The number of hydrogen-bond donors (Lipinski definition) is 0. The number of allylic oxidation sites excluding steroid dienone is 7. The van der Waals surface area contributed by atoms with Crippen LogP contribution in [0.25, 0.3) is 0 Å². The van der Waals surface area contributed by atoms with Gasteiger partial charge in [-0.05, 0) is 49.2 Å². The third kappa shape index (κ3) is 5.89. The minimum atomic E-state index is -4.03. The maximum atomic E-state index is 13.2. The third-order valence-corrected chi connectivity index (χ3v) is 6.38. The standard InChI is InChI=1S/C23H32O4S/c1-5-7-10-19(6-2)22(24)23(20-11-8-9-18(4)16-20)27-28(25,26)21-14-12-17(3)13-15-21/h7-8,10-12,14-19,23H,5-6,9,13H2,1-4H3/b10-7-/t17-,18?,19+,23?/m1/s1. The molecule has 0 aromatic carbocycles. The summed E-state index contributed by atoms with van der Waals surface area (Å²) in [5, 5.41) is 0. The Bertz CT molecular complexity index is 812. The molecule has 0 N–H and O–H groups in total. The maximum absolute atomic E-state index is 13.2. The Morgan fingerprint density at radius 2 is 1.96 bits per heavy atom. The van der Waals surface area contributed by atoms with Crippen molar-refractivity contribution in [3.05, 3.63) is 59.1 Å². The molecule has 2 unspecified atom stereocenters. The van der Waals surface area contributed by atoms with E-state index in [0.29, 0.717) is 24.3 Å². The Hall–Kier alpha value is -1.72. The molecule has 2 rings (SSSR count). The highest BCUT2D eigenvalue weighted by Gasteiger charge is 2.34. The van der Waals surface area contributed by atoms with E-state index in [9.17, 15) is 13.2 Å². The monoisotopic (exact) mass is 404 g/mol. The molecule has 4 nitrogen and oxygen atoms in total. The van der Waals surface area contributed by atoms with Gasteiger partial charge in [0.25, 0.3) is 10.1 Å². The lowest BCUT2D eigenvalue weighted by Crippen LogP contribution is -2.34. The summed E-state index contributed by atoms with van der Waals surface area (Å²) in [4.78, 5) is 13.4. The van der Waals surface area contributed by atoms with Crippen LogP contribution in [0.3, 0.4) is 0 Å². The van der Waals surface area contributed by atoms with Crippen LogP contribution in [-0.2, 0) is 19.1 Å². The molecule has 0 aromatic rings. The first-order chi connectivity index (χ1) is 13.3. The largest absolute Gasteiger partial charge is 0.297 e. The summed E-state index contributed by atoms with van der Waals surface area (Å²) < 4.78 is 31.4. The number of carbonyl (C=O) groups excluding carboxylic acids is 1. The van der Waals surface area contributed by atoms with Crippen molar-refractivity contribution < 1.29 is 17.4 Å². The highest BCUT2D eigenvalue weighted by Crippen LogP contribution is 2.28. The Morgan fingerprint density at radius 1 is 1.21 bits per heavy atom. The van der Waals surface area contributed by atoms with Gasteiger partial charge in [-0.2, -0.15) is 8.42 Å². The van der Waals surface area contributed by atoms with E-state index >= 15 is 0 Å². The van der Waals surface area contributed by atoms with E-state index < -0.39 is 16.2 Å². The van der Waals surface area contributed by atoms with Gasteiger partial charge in [-0.25, -0.2) is 0 Å². The van der Waals surface area contributed by atoms with E-state index in [4.69, 9.17) is 4.18 Å². The fourth-order valence-corrected chi connectivity index (χ4v) is 4.43. The molecule has 0 saturated carbocycles. The highest BCUT2D eigenvalue weighted by molar-refractivity contribution is 7.91. The van der Waals surface area contributed by atoms with Crippen molar-refractivity contribution in [2.75, 3.05) is 0 Å². The highest BCUT2D eigenvalue weighted by atomic mass is 32.2. The van der Waals surface area contributed by atoms with Gasteiger partial charge in [-0.15, -0.1) is 0 Å². The van der Waals surface area contributed by atoms with Gasteiger partial charge >= 0.3 is 0 Å². The molecule has 2 aliphatic rings. The number of ketones is 1. The van der Waals surface area contributed by atoms with E-state index in [1.807, 2.05) is 64.2 Å². The van der Waals surface area contributed by atoms with Gasteiger partial charge in [-0.1, -0.05) is 70.2 Å². The van der Waals surface area contributed by atoms with Crippen LogP contribution in [0.5, 0.6) is 0 Å². The number of hydrogen-bond acceptors (Lipinski definition) is 4. The Labute approximate surface area is 169 Å². The second-order valence-electron chi connectivity index (χ2n) is 7.64. The van der Waals surface area contributed by atoms with Crippen molar-refractivity contribution in [3.63, 3.8) is 0 Å². The summed E-state index contributed by atoms with van der Waals surface area (Å²) in [5.41, 5.74) is 0.629. The number of Topliss-reactive ketones (excluding diaryl/α,β-unsaturated/α-hetero) is 1. The average molecular weight is 405 g/mol. The average Bonchev–Trinajstić information content (AvgIpc) is 2.67. The molecule has 4 atom stereocenters. The number of carbonyl (C=O) groups is 1. The fourth-order valence-electron chi connectivity index (χ4n) is 3.32. The van der Waals surface area contributed by atoms with Crippen molar-refractivity contribution in [2.24, 2.45) is 17.8 Å². The van der Waals surface area contributed by atoms with Gasteiger partial charge in [0, 0.05) is 5.92 Å². The van der Waals surface area contributed by atoms with Crippen LogP contribution >= 0.6 is 0 Å². The van der Waals surface area contributed by atoms with Gasteiger partial charge in [0.15, 0.2) is 11.9 Å². The van der Waals surface area contributed by atoms with Crippen LogP contribution in [0, 0.1) is 17.8 Å². The van der Waals surface area contributed by atoms with Crippen molar-refractivity contribution in [1.82, 2.24) is 0 Å². The topological polar surface area (TPSA) is 60.4 Å². The lowest BCUT2D eigenvalue weighted by molar-refractivity contribution is -0.126. The molecule has 0 aliphatic heterocycles. The molecule has 0 heterocycles. The van der Waals surface area contributed by atoms with E-state index in [1.165, 1.54) is 0 Å². The van der Waals surface area contributed by atoms with Gasteiger partial charge in [-0.3, -0.25) is 8.98 Å². The summed E-state index contributed by atoms with van der Waals surface area (Å²) in [7, 11) is -4.03. The normalized spacial score (nSPS) is 24.7. The van der Waals surface area contributed by atoms with Crippen molar-refractivity contribution in [1.29, 1.82) is 0 Å². The molecule has 5 heteroatoms. The predicted molar refractivity (Wildman–Crippen MR) is 114 cm³/mol. The van der Waals surface area contributed by atoms with Crippen LogP contribution in [0.2, 0.25) is 0 Å². The molecular formula is C23H32O4S. The minimum absolute atomic E-state index is 0.133. The van der Waals surface area contributed by atoms with E-state index in [-0.39, 0.29) is 22.5 Å². The fraction of sp³-hybridized carbons (Fsp3) is 0.522. The van der Waals surface area contributed by atoms with Gasteiger partial charge in [0.05, 0.1) is 4.91 Å². The minimum Gasteiger partial charge on any atom is -0.296 e. The molecule has 2 aliphatic carbocycles. The van der Waals surface area contributed by atoms with E-state index in [0.717, 1.165) is 12.8 Å². The lowest BCUT2D eigenvalue weighted by atomic mass is 9.88. The molecule has 0 fully saturated rings. The first-order valence-electron chi connectivity index (χ1n) is 10.2. The van der Waals surface area contributed by atoms with Crippen molar-refractivity contribution in [2.45, 2.75) is 59.5 Å². The molecular weight excluding hydrogens is 372 g/mol. The molecule has 0 amide bonds. The van der Waals surface area contributed by atoms with Crippen LogP contribution in [0.4, 0.5) is 0 Å². The zero-order chi connectivity index (χ0) is 20.7. The second-order valence-corrected chi connectivity index (χ2v) is 9.22. The SMILES string of the molecule is CC/C=C\[C@H](CC)C(=O)C(OS(=O)(=O)C1=CC[C@H](C)C=C1)C1=CC(C)CC=C1. The third-order valence-electron chi connectivity index (χ3n) is 5.06. The Morgan fingerprint density at radius 3 is 2.54 bits per heavy atom. The molecule has 0 saturated heterocycles. The molecule has 0 aromatic heterocycles. The summed E-state index contributed by atoms with van der Waals surface area (Å²) in [6.45, 7) is 7.99. The predicted octanol–water partition coefficient (Wildman–Crippen LogP) is 5.27. The maximum Gasteiger partial charge on any atom is 0.297 e. The first-order valence-corrected chi connectivity index (χ1v) is 11.6. The Balaban J connectivity index is 2.36. The van der Waals surface area contributed by atoms with Crippen molar-refractivity contribution >= 4 is 15.9 Å². The quantitative estimate of drug-likeness (QED) is 0.388. The number of rotatable bonds is 9. The summed E-state index contributed by atoms with van der Waals surface area (Å²) in [6, 6.07) is 0. The summed E-state index contributed by atoms with van der Waals surface area (Å²) in [6.07, 6.45) is 16.5. The smallest absolute Gasteiger partial charge is 0.296 e. The molecule has 0 radical (unpaired) electrons. The van der Waals surface area contributed by atoms with Gasteiger partial charge in [0.2, 0.25) is 0 Å². The molecule has 154 valence electrons. The van der Waals surface area contributed by atoms with Crippen LogP contribution < -0.4 is 0 Å². The Kier molecular flexibility index (Phi) is 8.20. The zero-order valence-corrected chi connectivity index (χ0v) is 18.1. The van der Waals surface area contributed by atoms with E-state index in [1.54, 1.807) is 12.2 Å². The first kappa shape index (κ1) is 22.6. The lowest BCUT2D eigenvalue weighted by Gasteiger charge is -2.24. The molecule has 0 bridgehead atoms. The molecule has 28 heavy (non-hydrogen) atoms. The summed E-state index contributed by atoms with van der Waals surface area (Å²) >= 11 is 0. The van der Waals surface area contributed by atoms with Gasteiger partial charge in [0.1, 0.15) is 0 Å². The molecule has 0 spiro atoms. The van der Waals surface area contributed by atoms with Crippen LogP contribution in [0.15, 0.2) is 59.1 Å². The van der Waals surface area contributed by atoms with E-state index in [2.05, 4.69) is 0 Å². The van der Waals surface area contributed by atoms with Gasteiger partial charge < -0.3 is 0 Å². The second kappa shape index (κ2) is 10.2. The van der Waals surface area contributed by atoms with Crippen LogP contribution in [0.1, 0.15) is 53.4 Å². The zero-order valence-electron chi connectivity index (χ0n) is 17.3. The van der Waals surface area contributed by atoms with Crippen LogP contribution in [-0.4, -0.2) is 20.3 Å². The summed E-state index contributed by atoms with van der Waals surface area (Å²) in [5.74, 6) is -0.0514. The van der Waals surface area contributed by atoms with Crippen molar-refractivity contribution in [3.8, 4) is 0 Å².